The summed E-state index contributed by atoms with van der Waals surface area (Å²) in [5.74, 6) is 0.912. The molecule has 1 saturated heterocycles. The summed E-state index contributed by atoms with van der Waals surface area (Å²) < 4.78 is 25.5. The van der Waals surface area contributed by atoms with Crippen LogP contribution in [-0.4, -0.2) is 57.3 Å². The number of halogens is 1. The molecule has 0 aromatic carbocycles. The normalized spacial score (nSPS) is 21.0. The monoisotopic (exact) mass is 458 g/mol. The van der Waals surface area contributed by atoms with Gasteiger partial charge in [-0.1, -0.05) is 6.42 Å². The molecule has 1 heterocycles. The molecule has 136 valence electrons. The lowest BCUT2D eigenvalue weighted by molar-refractivity contribution is 0.151. The molecule has 1 saturated carbocycles. The second-order valence-corrected chi connectivity index (χ2v) is 9.20. The number of hydrogen-bond acceptors (Lipinski definition) is 3. The van der Waals surface area contributed by atoms with E-state index in [1.165, 1.54) is 31.9 Å². The van der Waals surface area contributed by atoms with Gasteiger partial charge in [0.1, 0.15) is 0 Å². The van der Waals surface area contributed by atoms with Crippen LogP contribution in [0.4, 0.5) is 0 Å². The SMILES string of the molecule is CCNC(=NCC(C)(C)NS(C)(=O)=O)N1CCC2(CCC2)C1.I. The summed E-state index contributed by atoms with van der Waals surface area (Å²) in [6, 6.07) is 0. The first-order valence-electron chi connectivity index (χ1n) is 8.17. The van der Waals surface area contributed by atoms with Crippen LogP contribution in [0.5, 0.6) is 0 Å². The van der Waals surface area contributed by atoms with E-state index < -0.39 is 15.6 Å². The number of nitrogens with zero attached hydrogens (tertiary/aromatic N) is 2. The lowest BCUT2D eigenvalue weighted by atomic mass is 9.68. The van der Waals surface area contributed by atoms with Gasteiger partial charge in [-0.3, -0.25) is 4.99 Å². The Labute approximate surface area is 157 Å². The Morgan fingerprint density at radius 2 is 1.96 bits per heavy atom. The highest BCUT2D eigenvalue weighted by atomic mass is 127. The van der Waals surface area contributed by atoms with Gasteiger partial charge in [0.2, 0.25) is 10.0 Å². The van der Waals surface area contributed by atoms with Crippen LogP contribution in [-0.2, 0) is 10.0 Å². The summed E-state index contributed by atoms with van der Waals surface area (Å²) in [6.07, 6.45) is 6.47. The predicted octanol–water partition coefficient (Wildman–Crippen LogP) is 1.77. The number of nitrogens with one attached hydrogen (secondary N) is 2. The molecule has 6 nitrogen and oxygen atoms in total. The molecule has 2 rings (SSSR count). The molecule has 0 aromatic heterocycles. The molecule has 23 heavy (non-hydrogen) atoms. The van der Waals surface area contributed by atoms with E-state index >= 15 is 0 Å². The van der Waals surface area contributed by atoms with Gasteiger partial charge in [0.15, 0.2) is 5.96 Å². The quantitative estimate of drug-likeness (QED) is 0.374. The maximum atomic E-state index is 11.4. The molecule has 8 heteroatoms. The molecule has 0 amide bonds. The molecular weight excluding hydrogens is 427 g/mol. The third-order valence-electron chi connectivity index (χ3n) is 4.57. The van der Waals surface area contributed by atoms with Gasteiger partial charge in [-0.05, 0) is 45.4 Å². The van der Waals surface area contributed by atoms with Crippen LogP contribution in [0.3, 0.4) is 0 Å². The molecule has 1 spiro atoms. The molecular formula is C15H31IN4O2S. The van der Waals surface area contributed by atoms with Crippen LogP contribution >= 0.6 is 24.0 Å². The molecule has 0 bridgehead atoms. The van der Waals surface area contributed by atoms with Crippen molar-refractivity contribution in [1.82, 2.24) is 14.9 Å². The summed E-state index contributed by atoms with van der Waals surface area (Å²) in [5.41, 5.74) is -0.0567. The van der Waals surface area contributed by atoms with Crippen molar-refractivity contribution in [2.75, 3.05) is 32.4 Å². The average molecular weight is 458 g/mol. The number of likely N-dealkylation sites (tertiary alicyclic amines) is 1. The first-order valence-corrected chi connectivity index (χ1v) is 10.1. The Morgan fingerprint density at radius 1 is 1.30 bits per heavy atom. The van der Waals surface area contributed by atoms with Crippen molar-refractivity contribution in [1.29, 1.82) is 0 Å². The Balaban J connectivity index is 0.00000264. The number of rotatable bonds is 5. The lowest BCUT2D eigenvalue weighted by Crippen LogP contribution is -2.47. The van der Waals surface area contributed by atoms with Crippen molar-refractivity contribution in [3.8, 4) is 0 Å². The zero-order valence-corrected chi connectivity index (χ0v) is 17.8. The number of aliphatic imine (C=N–C) groups is 1. The first-order chi connectivity index (χ1) is 10.1. The van der Waals surface area contributed by atoms with E-state index in [0.29, 0.717) is 12.0 Å². The van der Waals surface area contributed by atoms with Crippen LogP contribution in [0.2, 0.25) is 0 Å². The summed E-state index contributed by atoms with van der Waals surface area (Å²) in [4.78, 5) is 7.01. The Hall–Kier alpha value is -0.0900. The van der Waals surface area contributed by atoms with Gasteiger partial charge in [-0.25, -0.2) is 13.1 Å². The molecule has 0 radical (unpaired) electrons. The molecule has 0 aromatic rings. The maximum Gasteiger partial charge on any atom is 0.209 e. The highest BCUT2D eigenvalue weighted by Gasteiger charge is 2.43. The predicted molar refractivity (Wildman–Crippen MR) is 106 cm³/mol. The summed E-state index contributed by atoms with van der Waals surface area (Å²) >= 11 is 0. The average Bonchev–Trinajstić information content (AvgIpc) is 2.76. The largest absolute Gasteiger partial charge is 0.357 e. The van der Waals surface area contributed by atoms with Gasteiger partial charge in [-0.2, -0.15) is 0 Å². The molecule has 2 N–H and O–H groups in total. The van der Waals surface area contributed by atoms with Crippen LogP contribution in [0.15, 0.2) is 4.99 Å². The van der Waals surface area contributed by atoms with Gasteiger partial charge >= 0.3 is 0 Å². The minimum absolute atomic E-state index is 0. The fraction of sp³-hybridized carbons (Fsp3) is 0.933. The zero-order valence-electron chi connectivity index (χ0n) is 14.7. The lowest BCUT2D eigenvalue weighted by Gasteiger charge is -2.38. The number of sulfonamides is 1. The minimum Gasteiger partial charge on any atom is -0.357 e. The summed E-state index contributed by atoms with van der Waals surface area (Å²) in [7, 11) is -3.23. The van der Waals surface area contributed by atoms with Crippen LogP contribution in [0.1, 0.15) is 46.5 Å². The van der Waals surface area contributed by atoms with Gasteiger partial charge < -0.3 is 10.2 Å². The first kappa shape index (κ1) is 21.0. The van der Waals surface area contributed by atoms with Crippen LogP contribution < -0.4 is 10.0 Å². The van der Waals surface area contributed by atoms with Crippen molar-refractivity contribution in [2.24, 2.45) is 10.4 Å². The highest BCUT2D eigenvalue weighted by molar-refractivity contribution is 14.0. The van der Waals surface area contributed by atoms with Crippen LogP contribution in [0, 0.1) is 5.41 Å². The van der Waals surface area contributed by atoms with Crippen LogP contribution in [0.25, 0.3) is 0 Å². The van der Waals surface area contributed by atoms with Crippen molar-refractivity contribution >= 4 is 40.0 Å². The van der Waals surface area contributed by atoms with E-state index in [2.05, 4.69) is 26.9 Å². The van der Waals surface area contributed by atoms with Crippen molar-refractivity contribution < 1.29 is 8.42 Å². The fourth-order valence-electron chi connectivity index (χ4n) is 3.43. The standard InChI is InChI=1S/C15H30N4O2S.HI/c1-5-16-13(17-11-14(2,3)18-22(4,20)21)19-10-9-15(12-19)7-6-8-15;/h18H,5-12H2,1-4H3,(H,16,17);1H. The van der Waals surface area contributed by atoms with E-state index in [-0.39, 0.29) is 24.0 Å². The molecule has 0 unspecified atom stereocenters. The third-order valence-corrected chi connectivity index (χ3v) is 5.50. The van der Waals surface area contributed by atoms with E-state index in [1.807, 2.05) is 13.8 Å². The highest BCUT2D eigenvalue weighted by Crippen LogP contribution is 2.47. The Bertz CT molecular complexity index is 530. The molecule has 1 aliphatic heterocycles. The maximum absolute atomic E-state index is 11.4. The zero-order chi connectivity index (χ0) is 16.4. The van der Waals surface area contributed by atoms with Gasteiger partial charge in [0.25, 0.3) is 0 Å². The second-order valence-electron chi connectivity index (χ2n) is 7.45. The van der Waals surface area contributed by atoms with E-state index in [4.69, 9.17) is 0 Å². The Morgan fingerprint density at radius 3 is 2.39 bits per heavy atom. The van der Waals surface area contributed by atoms with E-state index in [1.54, 1.807) is 0 Å². The molecule has 2 aliphatic rings. The molecule has 0 atom stereocenters. The van der Waals surface area contributed by atoms with E-state index in [0.717, 1.165) is 25.6 Å². The van der Waals surface area contributed by atoms with Gasteiger partial charge in [-0.15, -0.1) is 24.0 Å². The second kappa shape index (κ2) is 7.86. The fourth-order valence-corrected chi connectivity index (χ4v) is 4.50. The number of guanidine groups is 1. The third kappa shape index (κ3) is 6.04. The van der Waals surface area contributed by atoms with Crippen molar-refractivity contribution in [2.45, 2.75) is 52.0 Å². The van der Waals surface area contributed by atoms with E-state index in [9.17, 15) is 8.42 Å². The van der Waals surface area contributed by atoms with Crippen molar-refractivity contribution in [3.63, 3.8) is 0 Å². The minimum atomic E-state index is -3.23. The van der Waals surface area contributed by atoms with Gasteiger partial charge in [0, 0.05) is 25.2 Å². The summed E-state index contributed by atoms with van der Waals surface area (Å²) in [5, 5.41) is 3.34. The Kier molecular flexibility index (Phi) is 7.16. The summed E-state index contributed by atoms with van der Waals surface area (Å²) in [6.45, 7) is 9.15. The smallest absolute Gasteiger partial charge is 0.209 e. The molecule has 1 aliphatic carbocycles. The topological polar surface area (TPSA) is 73.8 Å². The van der Waals surface area contributed by atoms with Gasteiger partial charge in [0.05, 0.1) is 12.8 Å². The number of hydrogen-bond donors (Lipinski definition) is 2. The van der Waals surface area contributed by atoms with Crippen molar-refractivity contribution in [3.05, 3.63) is 0 Å². The molecule has 2 fully saturated rings.